The van der Waals surface area contributed by atoms with Crippen LogP contribution in [0.5, 0.6) is 0 Å². The van der Waals surface area contributed by atoms with Gasteiger partial charge < -0.3 is 10.2 Å². The highest BCUT2D eigenvalue weighted by atomic mass is 16.1. The molecule has 3 heteroatoms. The van der Waals surface area contributed by atoms with E-state index in [1.165, 1.54) is 12.8 Å². The zero-order valence-corrected chi connectivity index (χ0v) is 11.8. The van der Waals surface area contributed by atoms with Gasteiger partial charge >= 0.3 is 0 Å². The Bertz CT molecular complexity index is 149. The van der Waals surface area contributed by atoms with E-state index in [0.29, 0.717) is 6.42 Å². The molecule has 0 aliphatic heterocycles. The lowest BCUT2D eigenvalue weighted by Crippen LogP contribution is -2.33. The van der Waals surface area contributed by atoms with E-state index in [9.17, 15) is 4.79 Å². The van der Waals surface area contributed by atoms with Gasteiger partial charge in [0, 0.05) is 19.5 Å². The van der Waals surface area contributed by atoms with E-state index in [2.05, 4.69) is 24.2 Å². The second-order valence-corrected chi connectivity index (χ2v) is 3.76. The number of likely N-dealkylation sites (N-methyl/N-ethyl adjacent to an activating group) is 1. The van der Waals surface area contributed by atoms with Crippen LogP contribution in [-0.4, -0.2) is 37.5 Å². The second kappa shape index (κ2) is 14.4. The van der Waals surface area contributed by atoms with Crippen LogP contribution in [0.2, 0.25) is 0 Å². The largest absolute Gasteiger partial charge is 0.355 e. The van der Waals surface area contributed by atoms with Crippen LogP contribution in [0.1, 0.15) is 53.4 Å². The first-order valence-corrected chi connectivity index (χ1v) is 6.66. The normalized spacial score (nSPS) is 9.62. The molecular formula is C13H30N2O. The molecular weight excluding hydrogens is 200 g/mol. The van der Waals surface area contributed by atoms with Gasteiger partial charge in [-0.25, -0.2) is 0 Å². The molecule has 1 N–H and O–H groups in total. The van der Waals surface area contributed by atoms with Gasteiger partial charge in [0.05, 0.1) is 0 Å². The van der Waals surface area contributed by atoms with Crippen LogP contribution in [0, 0.1) is 0 Å². The standard InChI is InChI=1S/C11H24N2O.C2H6/c1-4-6-9-13(3)10-8-12-11(14)7-5-2;1-2/h4-10H2,1-3H3,(H,12,14);1-2H3. The van der Waals surface area contributed by atoms with Gasteiger partial charge in [-0.2, -0.15) is 0 Å². The molecule has 0 aromatic rings. The van der Waals surface area contributed by atoms with Crippen LogP contribution in [0.3, 0.4) is 0 Å². The first-order chi connectivity index (χ1) is 7.70. The van der Waals surface area contributed by atoms with Crippen LogP contribution < -0.4 is 5.32 Å². The molecule has 0 aromatic heterocycles. The third kappa shape index (κ3) is 13.4. The number of hydrogen-bond donors (Lipinski definition) is 1. The molecule has 0 atom stereocenters. The fourth-order valence-corrected chi connectivity index (χ4v) is 1.24. The van der Waals surface area contributed by atoms with Crippen LogP contribution in [0.25, 0.3) is 0 Å². The number of carbonyl (C=O) groups is 1. The molecule has 0 fully saturated rings. The molecule has 0 aromatic carbocycles. The molecule has 0 spiro atoms. The predicted molar refractivity (Wildman–Crippen MR) is 71.7 cm³/mol. The molecule has 0 aliphatic rings. The van der Waals surface area contributed by atoms with Crippen molar-refractivity contribution in [3.8, 4) is 0 Å². The van der Waals surface area contributed by atoms with Crippen molar-refractivity contribution in [2.24, 2.45) is 0 Å². The number of rotatable bonds is 8. The summed E-state index contributed by atoms with van der Waals surface area (Å²) in [5, 5.41) is 2.91. The number of nitrogens with one attached hydrogen (secondary N) is 1. The first-order valence-electron chi connectivity index (χ1n) is 6.66. The number of hydrogen-bond acceptors (Lipinski definition) is 2. The minimum Gasteiger partial charge on any atom is -0.355 e. The highest BCUT2D eigenvalue weighted by molar-refractivity contribution is 5.75. The summed E-state index contributed by atoms with van der Waals surface area (Å²) in [6.07, 6.45) is 4.04. The number of unbranched alkanes of at least 4 members (excludes halogenated alkanes) is 1. The van der Waals surface area contributed by atoms with Crippen molar-refractivity contribution in [1.82, 2.24) is 10.2 Å². The Kier molecular flexibility index (Phi) is 16.1. The average molecular weight is 230 g/mol. The van der Waals surface area contributed by atoms with Crippen molar-refractivity contribution in [3.05, 3.63) is 0 Å². The molecule has 0 saturated heterocycles. The average Bonchev–Trinajstić information content (AvgIpc) is 2.29. The molecule has 0 rings (SSSR count). The minimum absolute atomic E-state index is 0.177. The van der Waals surface area contributed by atoms with E-state index in [4.69, 9.17) is 0 Å². The summed E-state index contributed by atoms with van der Waals surface area (Å²) in [4.78, 5) is 13.4. The summed E-state index contributed by atoms with van der Waals surface area (Å²) in [7, 11) is 2.10. The van der Waals surface area contributed by atoms with Crippen molar-refractivity contribution < 1.29 is 4.79 Å². The summed E-state index contributed by atoms with van der Waals surface area (Å²) < 4.78 is 0. The van der Waals surface area contributed by atoms with Crippen molar-refractivity contribution in [2.75, 3.05) is 26.7 Å². The molecule has 1 amide bonds. The Morgan fingerprint density at radius 3 is 2.25 bits per heavy atom. The van der Waals surface area contributed by atoms with Gasteiger partial charge in [-0.3, -0.25) is 4.79 Å². The summed E-state index contributed by atoms with van der Waals surface area (Å²) >= 11 is 0. The SMILES string of the molecule is CC.CCCCN(C)CCNC(=O)CCC. The van der Waals surface area contributed by atoms with E-state index in [0.717, 1.165) is 26.1 Å². The van der Waals surface area contributed by atoms with Crippen LogP contribution >= 0.6 is 0 Å². The van der Waals surface area contributed by atoms with Crippen LogP contribution in [0.4, 0.5) is 0 Å². The van der Waals surface area contributed by atoms with Gasteiger partial charge in [0.1, 0.15) is 0 Å². The first kappa shape index (κ1) is 17.8. The minimum atomic E-state index is 0.177. The van der Waals surface area contributed by atoms with Crippen molar-refractivity contribution in [3.63, 3.8) is 0 Å². The fraction of sp³-hybridized carbons (Fsp3) is 0.923. The van der Waals surface area contributed by atoms with Crippen LogP contribution in [-0.2, 0) is 4.79 Å². The van der Waals surface area contributed by atoms with Crippen molar-refractivity contribution >= 4 is 5.91 Å². The Hall–Kier alpha value is -0.570. The lowest BCUT2D eigenvalue weighted by atomic mass is 10.3. The van der Waals surface area contributed by atoms with Crippen molar-refractivity contribution in [1.29, 1.82) is 0 Å². The summed E-state index contributed by atoms with van der Waals surface area (Å²) in [5.41, 5.74) is 0. The van der Waals surface area contributed by atoms with E-state index in [-0.39, 0.29) is 5.91 Å². The smallest absolute Gasteiger partial charge is 0.220 e. The Morgan fingerprint density at radius 1 is 1.12 bits per heavy atom. The summed E-state index contributed by atoms with van der Waals surface area (Å²) in [6, 6.07) is 0. The van der Waals surface area contributed by atoms with Gasteiger partial charge in [-0.1, -0.05) is 34.1 Å². The fourth-order valence-electron chi connectivity index (χ4n) is 1.24. The molecule has 16 heavy (non-hydrogen) atoms. The monoisotopic (exact) mass is 230 g/mol. The Morgan fingerprint density at radius 2 is 1.75 bits per heavy atom. The molecule has 0 radical (unpaired) electrons. The molecule has 0 bridgehead atoms. The lowest BCUT2D eigenvalue weighted by Gasteiger charge is -2.16. The third-order valence-corrected chi connectivity index (χ3v) is 2.19. The Labute approximate surface area is 102 Å². The van der Waals surface area contributed by atoms with Crippen molar-refractivity contribution in [2.45, 2.75) is 53.4 Å². The molecule has 0 saturated carbocycles. The number of amides is 1. The summed E-state index contributed by atoms with van der Waals surface area (Å²) in [6.45, 7) is 11.1. The van der Waals surface area contributed by atoms with E-state index in [1.807, 2.05) is 20.8 Å². The highest BCUT2D eigenvalue weighted by Crippen LogP contribution is 1.90. The Balaban J connectivity index is 0. The molecule has 0 aliphatic carbocycles. The third-order valence-electron chi connectivity index (χ3n) is 2.19. The number of nitrogens with zero attached hydrogens (tertiary/aromatic N) is 1. The maximum absolute atomic E-state index is 11.1. The quantitative estimate of drug-likeness (QED) is 0.695. The topological polar surface area (TPSA) is 32.3 Å². The van der Waals surface area contributed by atoms with Gasteiger partial charge in [0.25, 0.3) is 0 Å². The predicted octanol–water partition coefficient (Wildman–Crippen LogP) is 2.66. The van der Waals surface area contributed by atoms with Crippen LogP contribution in [0.15, 0.2) is 0 Å². The molecule has 98 valence electrons. The second-order valence-electron chi connectivity index (χ2n) is 3.76. The van der Waals surface area contributed by atoms with E-state index in [1.54, 1.807) is 0 Å². The molecule has 0 heterocycles. The maximum atomic E-state index is 11.1. The highest BCUT2D eigenvalue weighted by Gasteiger charge is 2.00. The molecule has 3 nitrogen and oxygen atoms in total. The number of carbonyl (C=O) groups excluding carboxylic acids is 1. The van der Waals surface area contributed by atoms with E-state index >= 15 is 0 Å². The maximum Gasteiger partial charge on any atom is 0.220 e. The summed E-state index contributed by atoms with van der Waals surface area (Å²) in [5.74, 6) is 0.177. The van der Waals surface area contributed by atoms with Gasteiger partial charge in [0.15, 0.2) is 0 Å². The molecule has 0 unspecified atom stereocenters. The lowest BCUT2D eigenvalue weighted by molar-refractivity contribution is -0.121. The van der Waals surface area contributed by atoms with E-state index < -0.39 is 0 Å². The van der Waals surface area contributed by atoms with Gasteiger partial charge in [-0.05, 0) is 26.4 Å². The van der Waals surface area contributed by atoms with Gasteiger partial charge in [-0.15, -0.1) is 0 Å². The zero-order valence-electron chi connectivity index (χ0n) is 11.8. The van der Waals surface area contributed by atoms with Gasteiger partial charge in [0.2, 0.25) is 5.91 Å². The zero-order chi connectivity index (χ0) is 12.8.